The van der Waals surface area contributed by atoms with Crippen LogP contribution in [0.2, 0.25) is 0 Å². The largest absolute Gasteiger partial charge is 0.473 e. The van der Waals surface area contributed by atoms with Crippen LogP contribution in [0.3, 0.4) is 0 Å². The number of imidazole rings is 1. The standard InChI is InChI=1S/C30H28N4O/c1-2-7-20(8-3-1)18-35-28-15-24-25(16-31-26(24)17-32-28)30-29(22-13-14-22)33-19-34(30)27-12-6-10-21-9-4-5-11-23(21)27/h1-5,7-9,11,15-17,19,22,27,31H,6,10,12-14,18H2. The van der Waals surface area contributed by atoms with E-state index in [2.05, 4.69) is 69.5 Å². The third kappa shape index (κ3) is 3.72. The van der Waals surface area contributed by atoms with Crippen LogP contribution in [0, 0.1) is 0 Å². The number of nitrogens with zero attached hydrogens (tertiary/aromatic N) is 3. The van der Waals surface area contributed by atoms with Crippen molar-refractivity contribution in [2.75, 3.05) is 0 Å². The summed E-state index contributed by atoms with van der Waals surface area (Å²) in [6.07, 6.45) is 12.0. The Kier molecular flexibility index (Phi) is 4.93. The zero-order valence-electron chi connectivity index (χ0n) is 19.7. The first-order valence-corrected chi connectivity index (χ1v) is 12.6. The van der Waals surface area contributed by atoms with Crippen LogP contribution in [0.4, 0.5) is 0 Å². The van der Waals surface area contributed by atoms with Gasteiger partial charge in [0.25, 0.3) is 0 Å². The SMILES string of the molecule is c1ccc(COc2cc3c(-c4c(C5CC5)ncn4C4CCCc5ccccc54)c[nH]c3cn2)cc1. The minimum absolute atomic E-state index is 0.315. The molecular weight excluding hydrogens is 432 g/mol. The van der Waals surface area contributed by atoms with Gasteiger partial charge in [0.2, 0.25) is 5.88 Å². The fraction of sp³-hybridized carbons (Fsp3) is 0.267. The maximum absolute atomic E-state index is 6.08. The molecule has 2 aliphatic rings. The van der Waals surface area contributed by atoms with Crippen LogP contribution in [0.15, 0.2) is 79.4 Å². The Hall–Kier alpha value is -3.86. The van der Waals surface area contributed by atoms with Gasteiger partial charge in [-0.05, 0) is 48.8 Å². The summed E-state index contributed by atoms with van der Waals surface area (Å²) in [5.41, 5.74) is 8.73. The maximum atomic E-state index is 6.08. The molecule has 1 atom stereocenters. The normalized spacial score (nSPS) is 17.4. The van der Waals surface area contributed by atoms with Crippen LogP contribution in [0.1, 0.15) is 60.0 Å². The van der Waals surface area contributed by atoms with Gasteiger partial charge in [-0.15, -0.1) is 0 Å². The molecule has 3 aromatic heterocycles. The van der Waals surface area contributed by atoms with Crippen LogP contribution < -0.4 is 4.74 Å². The number of aromatic nitrogens is 4. The Bertz CT molecular complexity index is 1500. The zero-order valence-corrected chi connectivity index (χ0v) is 19.7. The summed E-state index contributed by atoms with van der Waals surface area (Å²) in [4.78, 5) is 13.0. The molecule has 3 heterocycles. The van der Waals surface area contributed by atoms with Crippen molar-refractivity contribution in [3.63, 3.8) is 0 Å². The molecule has 0 spiro atoms. The molecule has 5 aromatic rings. The molecule has 0 aliphatic heterocycles. The molecule has 7 rings (SSSR count). The summed E-state index contributed by atoms with van der Waals surface area (Å²) in [6.45, 7) is 0.503. The van der Waals surface area contributed by atoms with Crippen molar-refractivity contribution >= 4 is 10.9 Å². The molecule has 2 aliphatic carbocycles. The van der Waals surface area contributed by atoms with E-state index in [1.54, 1.807) is 0 Å². The van der Waals surface area contributed by atoms with Gasteiger partial charge in [-0.1, -0.05) is 54.6 Å². The van der Waals surface area contributed by atoms with Crippen molar-refractivity contribution in [2.24, 2.45) is 0 Å². The predicted octanol–water partition coefficient (Wildman–Crippen LogP) is 6.81. The van der Waals surface area contributed by atoms with E-state index in [4.69, 9.17) is 9.72 Å². The van der Waals surface area contributed by atoms with Gasteiger partial charge in [0.1, 0.15) is 6.61 Å². The second kappa shape index (κ2) is 8.42. The third-order valence-corrected chi connectivity index (χ3v) is 7.49. The Labute approximate surface area is 204 Å². The maximum Gasteiger partial charge on any atom is 0.214 e. The lowest BCUT2D eigenvalue weighted by atomic mass is 9.87. The van der Waals surface area contributed by atoms with Crippen LogP contribution in [0.5, 0.6) is 5.88 Å². The fourth-order valence-electron chi connectivity index (χ4n) is 5.57. The van der Waals surface area contributed by atoms with Gasteiger partial charge in [-0.25, -0.2) is 9.97 Å². The van der Waals surface area contributed by atoms with Crippen molar-refractivity contribution in [1.29, 1.82) is 0 Å². The highest BCUT2D eigenvalue weighted by Gasteiger charge is 2.33. The van der Waals surface area contributed by atoms with Crippen LogP contribution in [-0.4, -0.2) is 19.5 Å². The van der Waals surface area contributed by atoms with Crippen molar-refractivity contribution in [2.45, 2.75) is 50.7 Å². The van der Waals surface area contributed by atoms with Gasteiger partial charge < -0.3 is 14.3 Å². The van der Waals surface area contributed by atoms with Gasteiger partial charge >= 0.3 is 0 Å². The van der Waals surface area contributed by atoms with Crippen molar-refractivity contribution in [3.8, 4) is 17.1 Å². The molecule has 1 N–H and O–H groups in total. The quantitative estimate of drug-likeness (QED) is 0.303. The Morgan fingerprint density at radius 1 is 0.971 bits per heavy atom. The van der Waals surface area contributed by atoms with Gasteiger partial charge in [-0.2, -0.15) is 0 Å². The number of rotatable bonds is 6. The van der Waals surface area contributed by atoms with Crippen molar-refractivity contribution in [3.05, 3.63) is 102 Å². The van der Waals surface area contributed by atoms with Crippen molar-refractivity contribution < 1.29 is 4.74 Å². The molecule has 0 bridgehead atoms. The molecule has 0 radical (unpaired) electrons. The molecule has 174 valence electrons. The molecule has 1 unspecified atom stereocenters. The molecule has 0 amide bonds. The van der Waals surface area contributed by atoms with Crippen molar-refractivity contribution in [1.82, 2.24) is 19.5 Å². The number of ether oxygens (including phenoxy) is 1. The summed E-state index contributed by atoms with van der Waals surface area (Å²) in [6, 6.07) is 21.5. The average molecular weight is 461 g/mol. The summed E-state index contributed by atoms with van der Waals surface area (Å²) < 4.78 is 8.52. The monoisotopic (exact) mass is 460 g/mol. The average Bonchev–Trinajstić information content (AvgIpc) is 3.54. The number of H-pyrrole nitrogens is 1. The third-order valence-electron chi connectivity index (χ3n) is 7.49. The number of aromatic amines is 1. The van der Waals surface area contributed by atoms with E-state index in [0.717, 1.165) is 29.3 Å². The first-order chi connectivity index (χ1) is 17.3. The van der Waals surface area contributed by atoms with E-state index in [-0.39, 0.29) is 0 Å². The first-order valence-electron chi connectivity index (χ1n) is 12.6. The van der Waals surface area contributed by atoms with E-state index in [0.29, 0.717) is 24.4 Å². The van der Waals surface area contributed by atoms with E-state index in [1.165, 1.54) is 47.3 Å². The molecule has 35 heavy (non-hydrogen) atoms. The van der Waals surface area contributed by atoms with Gasteiger partial charge in [0.05, 0.1) is 35.5 Å². The summed E-state index contributed by atoms with van der Waals surface area (Å²) >= 11 is 0. The summed E-state index contributed by atoms with van der Waals surface area (Å²) in [5.74, 6) is 1.20. The molecular formula is C30H28N4O. The smallest absolute Gasteiger partial charge is 0.214 e. The lowest BCUT2D eigenvalue weighted by Gasteiger charge is -2.28. The minimum atomic E-state index is 0.315. The number of nitrogens with one attached hydrogen (secondary N) is 1. The van der Waals surface area contributed by atoms with E-state index in [1.807, 2.05) is 24.4 Å². The van der Waals surface area contributed by atoms with Crippen LogP contribution in [-0.2, 0) is 13.0 Å². The highest BCUT2D eigenvalue weighted by Crippen LogP contribution is 2.47. The van der Waals surface area contributed by atoms with Gasteiger partial charge in [0.15, 0.2) is 0 Å². The molecule has 0 saturated heterocycles. The number of aryl methyl sites for hydroxylation is 1. The lowest BCUT2D eigenvalue weighted by Crippen LogP contribution is -2.17. The number of hydrogen-bond donors (Lipinski definition) is 1. The van der Waals surface area contributed by atoms with E-state index < -0.39 is 0 Å². The lowest BCUT2D eigenvalue weighted by molar-refractivity contribution is 0.294. The highest BCUT2D eigenvalue weighted by atomic mass is 16.5. The van der Waals surface area contributed by atoms with Crippen LogP contribution >= 0.6 is 0 Å². The molecule has 1 fully saturated rings. The number of benzene rings is 2. The second-order valence-electron chi connectivity index (χ2n) is 9.81. The number of hydrogen-bond acceptors (Lipinski definition) is 3. The second-order valence-corrected chi connectivity index (χ2v) is 9.81. The van der Waals surface area contributed by atoms with Gasteiger partial charge in [0, 0.05) is 29.1 Å². The predicted molar refractivity (Wildman–Crippen MR) is 138 cm³/mol. The topological polar surface area (TPSA) is 55.7 Å². The Balaban J connectivity index is 1.31. The first kappa shape index (κ1) is 20.5. The number of fused-ring (bicyclic) bond motifs is 2. The van der Waals surface area contributed by atoms with Crippen LogP contribution in [0.25, 0.3) is 22.2 Å². The Morgan fingerprint density at radius 2 is 1.83 bits per heavy atom. The molecule has 2 aromatic carbocycles. The summed E-state index contributed by atoms with van der Waals surface area (Å²) in [7, 11) is 0. The number of pyridine rings is 1. The van der Waals surface area contributed by atoms with E-state index >= 15 is 0 Å². The molecule has 1 saturated carbocycles. The van der Waals surface area contributed by atoms with E-state index in [9.17, 15) is 0 Å². The summed E-state index contributed by atoms with van der Waals surface area (Å²) in [5, 5.41) is 1.14. The fourth-order valence-corrected chi connectivity index (χ4v) is 5.57. The minimum Gasteiger partial charge on any atom is -0.473 e. The molecule has 5 heteroatoms. The van der Waals surface area contributed by atoms with Gasteiger partial charge in [-0.3, -0.25) is 0 Å². The zero-order chi connectivity index (χ0) is 23.2. The highest BCUT2D eigenvalue weighted by molar-refractivity contribution is 5.95. The Morgan fingerprint density at radius 3 is 2.71 bits per heavy atom. The molecule has 5 nitrogen and oxygen atoms in total.